The topological polar surface area (TPSA) is 26.0 Å². The molecule has 0 aromatic carbocycles. The summed E-state index contributed by atoms with van der Waals surface area (Å²) < 4.78 is 0. The van der Waals surface area contributed by atoms with Crippen LogP contribution in [0.3, 0.4) is 0 Å². The Morgan fingerprint density at radius 2 is 2.10 bits per heavy atom. The Labute approximate surface area is 64.3 Å². The van der Waals surface area contributed by atoms with Crippen LogP contribution in [0.5, 0.6) is 0 Å². The molecular formula is C9H19N. The molecule has 0 saturated carbocycles. The maximum Gasteiger partial charge on any atom is 0.00416 e. The molecule has 1 atom stereocenters. The van der Waals surface area contributed by atoms with Crippen LogP contribution in [0.15, 0.2) is 12.2 Å². The van der Waals surface area contributed by atoms with Crippen molar-refractivity contribution in [3.8, 4) is 0 Å². The van der Waals surface area contributed by atoms with Gasteiger partial charge in [0, 0.05) is 6.04 Å². The minimum atomic E-state index is 0.418. The molecule has 1 nitrogen and oxygen atoms in total. The highest BCUT2D eigenvalue weighted by molar-refractivity contribution is 4.78. The zero-order valence-corrected chi connectivity index (χ0v) is 7.14. The quantitative estimate of drug-likeness (QED) is 0.585. The summed E-state index contributed by atoms with van der Waals surface area (Å²) in [5.74, 6) is 0. The molecule has 2 N–H and O–H groups in total. The molecular weight excluding hydrogens is 122 g/mol. The first-order chi connectivity index (χ1) is 4.81. The van der Waals surface area contributed by atoms with Crippen molar-refractivity contribution < 1.29 is 0 Å². The summed E-state index contributed by atoms with van der Waals surface area (Å²) >= 11 is 0. The fraction of sp³-hybridized carbons (Fsp3) is 0.778. The van der Waals surface area contributed by atoms with E-state index < -0.39 is 0 Å². The third-order valence-corrected chi connectivity index (χ3v) is 1.60. The van der Waals surface area contributed by atoms with Crippen LogP contribution < -0.4 is 5.73 Å². The maximum atomic E-state index is 5.79. The SMILES string of the molecule is C/C=C/CC[C@@H](N)CCC. The fourth-order valence-corrected chi connectivity index (χ4v) is 0.992. The monoisotopic (exact) mass is 141 g/mol. The number of allylic oxidation sites excluding steroid dienone is 2. The van der Waals surface area contributed by atoms with Gasteiger partial charge in [-0.15, -0.1) is 0 Å². The highest BCUT2D eigenvalue weighted by atomic mass is 14.6. The smallest absolute Gasteiger partial charge is 0.00416 e. The van der Waals surface area contributed by atoms with E-state index >= 15 is 0 Å². The molecule has 0 heterocycles. The lowest BCUT2D eigenvalue weighted by Gasteiger charge is -2.06. The third kappa shape index (κ3) is 5.83. The van der Waals surface area contributed by atoms with Gasteiger partial charge in [0.05, 0.1) is 0 Å². The Morgan fingerprint density at radius 1 is 1.40 bits per heavy atom. The first-order valence-corrected chi connectivity index (χ1v) is 4.18. The Kier molecular flexibility index (Phi) is 6.61. The minimum Gasteiger partial charge on any atom is -0.328 e. The summed E-state index contributed by atoms with van der Waals surface area (Å²) in [6, 6.07) is 0.418. The van der Waals surface area contributed by atoms with Crippen molar-refractivity contribution in [3.05, 3.63) is 12.2 Å². The highest BCUT2D eigenvalue weighted by Gasteiger charge is 1.97. The van der Waals surface area contributed by atoms with Gasteiger partial charge in [0.1, 0.15) is 0 Å². The molecule has 0 aliphatic heterocycles. The molecule has 0 aromatic heterocycles. The lowest BCUT2D eigenvalue weighted by Crippen LogP contribution is -2.18. The predicted molar refractivity (Wildman–Crippen MR) is 46.9 cm³/mol. The van der Waals surface area contributed by atoms with Gasteiger partial charge < -0.3 is 5.73 Å². The minimum absolute atomic E-state index is 0.418. The summed E-state index contributed by atoms with van der Waals surface area (Å²) in [4.78, 5) is 0. The normalized spacial score (nSPS) is 14.3. The molecule has 0 fully saturated rings. The molecule has 0 amide bonds. The average Bonchev–Trinajstić information content (AvgIpc) is 1.89. The Balaban J connectivity index is 3.12. The summed E-state index contributed by atoms with van der Waals surface area (Å²) in [5.41, 5.74) is 5.79. The lowest BCUT2D eigenvalue weighted by atomic mass is 10.1. The van der Waals surface area contributed by atoms with Gasteiger partial charge in [-0.05, 0) is 26.2 Å². The lowest BCUT2D eigenvalue weighted by molar-refractivity contribution is 0.566. The van der Waals surface area contributed by atoms with E-state index in [4.69, 9.17) is 5.73 Å². The Hall–Kier alpha value is -0.300. The van der Waals surface area contributed by atoms with Gasteiger partial charge in [0.25, 0.3) is 0 Å². The van der Waals surface area contributed by atoms with E-state index in [9.17, 15) is 0 Å². The summed E-state index contributed by atoms with van der Waals surface area (Å²) in [6.45, 7) is 4.22. The van der Waals surface area contributed by atoms with Crippen molar-refractivity contribution in [3.63, 3.8) is 0 Å². The Morgan fingerprint density at radius 3 is 2.60 bits per heavy atom. The summed E-state index contributed by atoms with van der Waals surface area (Å²) in [5, 5.41) is 0. The number of rotatable bonds is 5. The molecule has 0 aromatic rings. The predicted octanol–water partition coefficient (Wildman–Crippen LogP) is 2.47. The van der Waals surface area contributed by atoms with Crippen LogP contribution in [0.25, 0.3) is 0 Å². The van der Waals surface area contributed by atoms with Crippen molar-refractivity contribution >= 4 is 0 Å². The van der Waals surface area contributed by atoms with E-state index in [2.05, 4.69) is 19.1 Å². The van der Waals surface area contributed by atoms with Crippen molar-refractivity contribution in [2.45, 2.75) is 45.6 Å². The van der Waals surface area contributed by atoms with Crippen molar-refractivity contribution in [1.82, 2.24) is 0 Å². The molecule has 1 heteroatoms. The van der Waals surface area contributed by atoms with Crippen molar-refractivity contribution in [1.29, 1.82) is 0 Å². The largest absolute Gasteiger partial charge is 0.328 e. The summed E-state index contributed by atoms with van der Waals surface area (Å²) in [6.07, 6.45) is 8.90. The second-order valence-electron chi connectivity index (χ2n) is 2.70. The van der Waals surface area contributed by atoms with Crippen LogP contribution >= 0.6 is 0 Å². The third-order valence-electron chi connectivity index (χ3n) is 1.60. The average molecular weight is 141 g/mol. The molecule has 0 rings (SSSR count). The van der Waals surface area contributed by atoms with E-state index in [1.54, 1.807) is 0 Å². The second kappa shape index (κ2) is 6.81. The van der Waals surface area contributed by atoms with Gasteiger partial charge in [-0.3, -0.25) is 0 Å². The number of hydrogen-bond donors (Lipinski definition) is 1. The maximum absolute atomic E-state index is 5.79. The number of nitrogens with two attached hydrogens (primary N) is 1. The van der Waals surface area contributed by atoms with E-state index in [0.717, 1.165) is 19.3 Å². The zero-order chi connectivity index (χ0) is 7.82. The van der Waals surface area contributed by atoms with Crippen LogP contribution in [-0.4, -0.2) is 6.04 Å². The molecule has 0 bridgehead atoms. The molecule has 0 aliphatic carbocycles. The molecule has 0 aliphatic rings. The van der Waals surface area contributed by atoms with Gasteiger partial charge in [0.15, 0.2) is 0 Å². The van der Waals surface area contributed by atoms with E-state index in [1.165, 1.54) is 6.42 Å². The van der Waals surface area contributed by atoms with Crippen LogP contribution in [0.2, 0.25) is 0 Å². The number of hydrogen-bond acceptors (Lipinski definition) is 1. The van der Waals surface area contributed by atoms with E-state index in [-0.39, 0.29) is 0 Å². The standard InChI is InChI=1S/C9H19N/c1-3-5-6-8-9(10)7-4-2/h3,5,9H,4,6-8,10H2,1-2H3/b5-3+/t9-/m0/s1. The van der Waals surface area contributed by atoms with Gasteiger partial charge >= 0.3 is 0 Å². The van der Waals surface area contributed by atoms with Crippen LogP contribution in [-0.2, 0) is 0 Å². The second-order valence-corrected chi connectivity index (χ2v) is 2.70. The molecule has 0 spiro atoms. The zero-order valence-electron chi connectivity index (χ0n) is 7.14. The van der Waals surface area contributed by atoms with Crippen molar-refractivity contribution in [2.24, 2.45) is 5.73 Å². The first-order valence-electron chi connectivity index (χ1n) is 4.18. The molecule has 0 unspecified atom stereocenters. The van der Waals surface area contributed by atoms with Gasteiger partial charge in [0.2, 0.25) is 0 Å². The molecule has 10 heavy (non-hydrogen) atoms. The van der Waals surface area contributed by atoms with Crippen LogP contribution in [0.1, 0.15) is 39.5 Å². The van der Waals surface area contributed by atoms with Gasteiger partial charge in [-0.1, -0.05) is 25.5 Å². The van der Waals surface area contributed by atoms with Crippen LogP contribution in [0, 0.1) is 0 Å². The first kappa shape index (κ1) is 9.70. The molecule has 60 valence electrons. The van der Waals surface area contributed by atoms with Gasteiger partial charge in [-0.25, -0.2) is 0 Å². The fourth-order valence-electron chi connectivity index (χ4n) is 0.992. The van der Waals surface area contributed by atoms with Gasteiger partial charge in [-0.2, -0.15) is 0 Å². The van der Waals surface area contributed by atoms with E-state index in [0.29, 0.717) is 6.04 Å². The summed E-state index contributed by atoms with van der Waals surface area (Å²) in [7, 11) is 0. The molecule has 0 radical (unpaired) electrons. The molecule has 0 saturated heterocycles. The van der Waals surface area contributed by atoms with E-state index in [1.807, 2.05) is 6.92 Å². The van der Waals surface area contributed by atoms with Crippen LogP contribution in [0.4, 0.5) is 0 Å². The van der Waals surface area contributed by atoms with Crippen molar-refractivity contribution in [2.75, 3.05) is 0 Å². The Bertz CT molecular complexity index is 86.7. The highest BCUT2D eigenvalue weighted by Crippen LogP contribution is 2.01.